The fourth-order valence-electron chi connectivity index (χ4n) is 0.0471. The van der Waals surface area contributed by atoms with Crippen LogP contribution in [0.15, 0.2) is 0 Å². The Morgan fingerprint density at radius 1 is 1.57 bits per heavy atom. The third-order valence-electron chi connectivity index (χ3n) is 0.158. The van der Waals surface area contributed by atoms with E-state index in [2.05, 4.69) is 4.65 Å². The van der Waals surface area contributed by atoms with Gasteiger partial charge < -0.3 is 14.7 Å². The number of hydrogen-bond donors (Lipinski definition) is 2. The van der Waals surface area contributed by atoms with Crippen LogP contribution in [0.25, 0.3) is 0 Å². The van der Waals surface area contributed by atoms with Gasteiger partial charge in [0.15, 0.2) is 0 Å². The van der Waals surface area contributed by atoms with E-state index in [0.29, 0.717) is 0 Å². The van der Waals surface area contributed by atoms with E-state index < -0.39 is 7.32 Å². The number of nitrogens with zero attached hydrogens (tertiary/aromatic N) is 1. The van der Waals surface area contributed by atoms with Crippen molar-refractivity contribution < 1.29 is 19.4 Å². The summed E-state index contributed by atoms with van der Waals surface area (Å²) in [6, 6.07) is 0. The van der Waals surface area contributed by atoms with E-state index in [9.17, 15) is 0 Å². The average molecular weight is 107 g/mol. The molecule has 0 fully saturated rings. The van der Waals surface area contributed by atoms with Gasteiger partial charge in [0.2, 0.25) is 0 Å². The van der Waals surface area contributed by atoms with Crippen molar-refractivity contribution in [2.75, 3.05) is 0 Å². The number of hydrogen-bond acceptors (Lipinski definition) is 4. The highest BCUT2D eigenvalue weighted by molar-refractivity contribution is 6.33. The van der Waals surface area contributed by atoms with E-state index >= 15 is 0 Å². The summed E-state index contributed by atoms with van der Waals surface area (Å²) < 4.78 is 3.46. The van der Waals surface area contributed by atoms with Crippen LogP contribution in [0.5, 0.6) is 0 Å². The molecule has 4 nitrogen and oxygen atoms in total. The maximum absolute atomic E-state index is 7.66. The smallest absolute Gasteiger partial charge is 0.442 e. The van der Waals surface area contributed by atoms with Crippen molar-refractivity contribution >= 4 is 7.32 Å². The van der Waals surface area contributed by atoms with Gasteiger partial charge in [0.25, 0.3) is 6.26 Å². The maximum Gasteiger partial charge on any atom is 0.717 e. The zero-order valence-electron chi connectivity index (χ0n) is 3.24. The Kier molecular flexibility index (Phi) is 7.07. The predicted molar refractivity (Wildman–Crippen MR) is 19.4 cm³/mol. The summed E-state index contributed by atoms with van der Waals surface area (Å²) in [7, 11) is -1.96. The van der Waals surface area contributed by atoms with Crippen molar-refractivity contribution in [1.29, 1.82) is 5.26 Å². The Morgan fingerprint density at radius 3 is 2.00 bits per heavy atom. The minimum absolute atomic E-state index is 0. The number of halogens is 1. The van der Waals surface area contributed by atoms with Crippen molar-refractivity contribution in [3.05, 3.63) is 0 Å². The van der Waals surface area contributed by atoms with Crippen LogP contribution < -0.4 is 0 Å². The molecule has 0 amide bonds. The van der Waals surface area contributed by atoms with Crippen LogP contribution in [0.4, 0.5) is 4.70 Å². The fraction of sp³-hybridized carbons (Fsp3) is 0. The molecular weight excluding hydrogens is 104 g/mol. The Hall–Kier alpha value is -0.795. The fourth-order valence-corrected chi connectivity index (χ4v) is 0.0471. The molecule has 0 radical (unpaired) electrons. The Morgan fingerprint density at radius 2 is 2.00 bits per heavy atom. The lowest BCUT2D eigenvalue weighted by molar-refractivity contribution is 0.267. The van der Waals surface area contributed by atoms with Crippen LogP contribution in [-0.4, -0.2) is 17.4 Å². The van der Waals surface area contributed by atoms with Crippen LogP contribution in [0.2, 0.25) is 0 Å². The molecule has 0 saturated heterocycles. The molecule has 40 valence electrons. The normalized spacial score (nSPS) is 5.29. The highest BCUT2D eigenvalue weighted by Crippen LogP contribution is 1.64. The van der Waals surface area contributed by atoms with Crippen molar-refractivity contribution in [2.45, 2.75) is 0 Å². The quantitative estimate of drug-likeness (QED) is 0.319. The molecule has 0 saturated carbocycles. The average Bonchev–Trinajstić information content (AvgIpc) is 1.35. The van der Waals surface area contributed by atoms with Gasteiger partial charge in [-0.05, 0) is 0 Å². The van der Waals surface area contributed by atoms with Gasteiger partial charge in [0.05, 0.1) is 0 Å². The first-order valence-corrected chi connectivity index (χ1v) is 1.18. The Balaban J connectivity index is 0. The van der Waals surface area contributed by atoms with Crippen molar-refractivity contribution in [3.63, 3.8) is 0 Å². The maximum atomic E-state index is 7.66. The van der Waals surface area contributed by atoms with Gasteiger partial charge in [-0.3, -0.25) is 4.70 Å². The molecule has 6 heteroatoms. The minimum atomic E-state index is -1.96. The lowest BCUT2D eigenvalue weighted by atomic mass is 10.3. The second-order valence-corrected chi connectivity index (χ2v) is 0.535. The standard InChI is InChI=1S/CH2BNO3.FH/c3-1-6-2(4)5;/h4-5H;1H. The molecule has 0 aliphatic carbocycles. The van der Waals surface area contributed by atoms with E-state index in [1.807, 2.05) is 0 Å². The molecule has 0 aliphatic rings. The summed E-state index contributed by atoms with van der Waals surface area (Å²) in [5.41, 5.74) is 0. The summed E-state index contributed by atoms with van der Waals surface area (Å²) in [6.45, 7) is 0. The molecule has 0 aromatic carbocycles. The molecule has 0 heterocycles. The summed E-state index contributed by atoms with van der Waals surface area (Å²) >= 11 is 0. The van der Waals surface area contributed by atoms with E-state index in [1.54, 1.807) is 0 Å². The first-order chi connectivity index (χ1) is 2.77. The zero-order valence-corrected chi connectivity index (χ0v) is 3.24. The van der Waals surface area contributed by atoms with E-state index in [1.165, 1.54) is 0 Å². The molecule has 0 spiro atoms. The second kappa shape index (κ2) is 5.20. The highest BCUT2D eigenvalue weighted by Gasteiger charge is 2.06. The molecule has 2 N–H and O–H groups in total. The van der Waals surface area contributed by atoms with Crippen LogP contribution in [0.1, 0.15) is 0 Å². The summed E-state index contributed by atoms with van der Waals surface area (Å²) in [6.07, 6.45) is 1.07. The monoisotopic (exact) mass is 107 g/mol. The van der Waals surface area contributed by atoms with Gasteiger partial charge >= 0.3 is 7.32 Å². The molecule has 0 bridgehead atoms. The molecule has 0 unspecified atom stereocenters. The molecule has 0 aromatic rings. The number of nitriles is 1. The topological polar surface area (TPSA) is 73.5 Å². The summed E-state index contributed by atoms with van der Waals surface area (Å²) in [4.78, 5) is 0. The summed E-state index contributed by atoms with van der Waals surface area (Å²) in [5.74, 6) is 0. The molecule has 0 rings (SSSR count). The van der Waals surface area contributed by atoms with Crippen LogP contribution in [0.3, 0.4) is 0 Å². The third-order valence-corrected chi connectivity index (χ3v) is 0.158. The van der Waals surface area contributed by atoms with Gasteiger partial charge in [-0.2, -0.15) is 5.26 Å². The first-order valence-electron chi connectivity index (χ1n) is 1.18. The van der Waals surface area contributed by atoms with E-state index in [-0.39, 0.29) is 4.70 Å². The highest BCUT2D eigenvalue weighted by atomic mass is 19.0. The third kappa shape index (κ3) is 11.0. The van der Waals surface area contributed by atoms with Crippen molar-refractivity contribution in [3.8, 4) is 6.26 Å². The van der Waals surface area contributed by atoms with Gasteiger partial charge in [0.1, 0.15) is 0 Å². The van der Waals surface area contributed by atoms with Gasteiger partial charge in [-0.1, -0.05) is 0 Å². The van der Waals surface area contributed by atoms with Gasteiger partial charge in [-0.25, -0.2) is 0 Å². The summed E-state index contributed by atoms with van der Waals surface area (Å²) in [5, 5.41) is 22.8. The van der Waals surface area contributed by atoms with Crippen LogP contribution in [-0.2, 0) is 4.65 Å². The van der Waals surface area contributed by atoms with E-state index in [4.69, 9.17) is 15.3 Å². The Labute approximate surface area is 39.5 Å². The Bertz CT molecular complexity index is 69.8. The molecule has 7 heavy (non-hydrogen) atoms. The van der Waals surface area contributed by atoms with Crippen LogP contribution >= 0.6 is 0 Å². The molecule has 0 aromatic heterocycles. The lowest BCUT2D eigenvalue weighted by Crippen LogP contribution is -2.12. The molecular formula is CH3BFNO3. The van der Waals surface area contributed by atoms with Gasteiger partial charge in [-0.15, -0.1) is 0 Å². The largest absolute Gasteiger partial charge is 0.717 e. The van der Waals surface area contributed by atoms with Crippen molar-refractivity contribution in [2.24, 2.45) is 0 Å². The SMILES string of the molecule is F.N#COB(O)O. The minimum Gasteiger partial charge on any atom is -0.442 e. The van der Waals surface area contributed by atoms with E-state index in [0.717, 1.165) is 6.26 Å². The lowest BCUT2D eigenvalue weighted by Gasteiger charge is -1.83. The zero-order chi connectivity index (χ0) is 4.99. The molecule has 0 atom stereocenters. The van der Waals surface area contributed by atoms with Crippen LogP contribution in [0, 0.1) is 11.5 Å². The second-order valence-electron chi connectivity index (χ2n) is 0.535. The molecule has 0 aliphatic heterocycles. The van der Waals surface area contributed by atoms with Crippen molar-refractivity contribution in [1.82, 2.24) is 0 Å². The van der Waals surface area contributed by atoms with Gasteiger partial charge in [0, 0.05) is 0 Å². The first kappa shape index (κ1) is 9.51. The number of rotatable bonds is 1. The predicted octanol–water partition coefficient (Wildman–Crippen LogP) is -1.39.